The van der Waals surface area contributed by atoms with E-state index < -0.39 is 18.0 Å². The Kier molecular flexibility index (Phi) is 4.32. The Morgan fingerprint density at radius 2 is 1.50 bits per heavy atom. The summed E-state index contributed by atoms with van der Waals surface area (Å²) in [5.41, 5.74) is 0. The molecule has 108 valence electrons. The number of likely N-dealkylation sites (tertiary alicyclic amines) is 1. The van der Waals surface area contributed by atoms with E-state index >= 15 is 0 Å². The zero-order chi connectivity index (χ0) is 14.7. The third-order valence-electron chi connectivity index (χ3n) is 3.60. The van der Waals surface area contributed by atoms with E-state index in [1.54, 1.807) is 0 Å². The first-order valence-electron chi connectivity index (χ1n) is 6.96. The van der Waals surface area contributed by atoms with Crippen LogP contribution in [-0.4, -0.2) is 39.6 Å². The standard InChI is InChI=1S/C14H18N2O4/c1-2-3-4-5-10(15-11(17)6-7-12(15)18)16-13(19)8-9-14(16)20/h6-7,10H,2-5,8-9H2,1H3. The average molecular weight is 278 g/mol. The van der Waals surface area contributed by atoms with E-state index in [1.165, 1.54) is 12.2 Å². The first kappa shape index (κ1) is 14.4. The minimum Gasteiger partial charge on any atom is -0.274 e. The van der Waals surface area contributed by atoms with Crippen molar-refractivity contribution >= 4 is 23.6 Å². The Bertz CT molecular complexity index is 448. The third-order valence-corrected chi connectivity index (χ3v) is 3.60. The molecular formula is C14H18N2O4. The molecular weight excluding hydrogens is 260 g/mol. The van der Waals surface area contributed by atoms with E-state index in [2.05, 4.69) is 0 Å². The second-order valence-corrected chi connectivity index (χ2v) is 5.01. The molecule has 0 spiro atoms. The van der Waals surface area contributed by atoms with Crippen LogP contribution in [0.4, 0.5) is 0 Å². The summed E-state index contributed by atoms with van der Waals surface area (Å²) in [5, 5.41) is 0. The number of hydrogen-bond acceptors (Lipinski definition) is 4. The van der Waals surface area contributed by atoms with E-state index in [4.69, 9.17) is 0 Å². The van der Waals surface area contributed by atoms with Crippen molar-refractivity contribution in [1.82, 2.24) is 9.80 Å². The van der Waals surface area contributed by atoms with Crippen molar-refractivity contribution in [2.24, 2.45) is 0 Å². The van der Waals surface area contributed by atoms with Gasteiger partial charge in [0.25, 0.3) is 11.8 Å². The fraction of sp³-hybridized carbons (Fsp3) is 0.571. The second-order valence-electron chi connectivity index (χ2n) is 5.01. The van der Waals surface area contributed by atoms with Crippen molar-refractivity contribution in [1.29, 1.82) is 0 Å². The second kappa shape index (κ2) is 5.98. The lowest BCUT2D eigenvalue weighted by atomic mass is 10.1. The van der Waals surface area contributed by atoms with Gasteiger partial charge < -0.3 is 0 Å². The maximum atomic E-state index is 11.9. The first-order chi connectivity index (χ1) is 9.56. The summed E-state index contributed by atoms with van der Waals surface area (Å²) in [4.78, 5) is 49.4. The number of rotatable bonds is 6. The van der Waals surface area contributed by atoms with Crippen LogP contribution in [-0.2, 0) is 19.2 Å². The molecule has 0 N–H and O–H groups in total. The van der Waals surface area contributed by atoms with Gasteiger partial charge in [-0.25, -0.2) is 0 Å². The van der Waals surface area contributed by atoms with Crippen LogP contribution in [0.25, 0.3) is 0 Å². The zero-order valence-corrected chi connectivity index (χ0v) is 11.5. The van der Waals surface area contributed by atoms with Crippen molar-refractivity contribution in [3.63, 3.8) is 0 Å². The van der Waals surface area contributed by atoms with Crippen LogP contribution in [0, 0.1) is 0 Å². The third kappa shape index (κ3) is 2.64. The van der Waals surface area contributed by atoms with Gasteiger partial charge >= 0.3 is 0 Å². The van der Waals surface area contributed by atoms with Gasteiger partial charge in [0, 0.05) is 25.0 Å². The molecule has 2 heterocycles. The molecule has 1 saturated heterocycles. The molecule has 0 bridgehead atoms. The van der Waals surface area contributed by atoms with Gasteiger partial charge in [0.15, 0.2) is 0 Å². The van der Waals surface area contributed by atoms with E-state index in [-0.39, 0.29) is 24.7 Å². The number of nitrogens with zero attached hydrogens (tertiary/aromatic N) is 2. The summed E-state index contributed by atoms with van der Waals surface area (Å²) in [6.07, 6.45) is 5.03. The van der Waals surface area contributed by atoms with Crippen LogP contribution >= 0.6 is 0 Å². The average Bonchev–Trinajstić information content (AvgIpc) is 2.91. The Balaban J connectivity index is 2.20. The Morgan fingerprint density at radius 3 is 2.00 bits per heavy atom. The topological polar surface area (TPSA) is 74.8 Å². The van der Waals surface area contributed by atoms with Gasteiger partial charge in [-0.15, -0.1) is 0 Å². The molecule has 4 amide bonds. The normalized spacial score (nSPS) is 20.4. The maximum absolute atomic E-state index is 11.9. The van der Waals surface area contributed by atoms with Crippen molar-refractivity contribution < 1.29 is 19.2 Å². The largest absolute Gasteiger partial charge is 0.274 e. The number of hydrogen-bond donors (Lipinski definition) is 0. The van der Waals surface area contributed by atoms with Gasteiger partial charge in [0.1, 0.15) is 6.17 Å². The van der Waals surface area contributed by atoms with E-state index in [0.717, 1.165) is 29.1 Å². The molecule has 0 aromatic rings. The predicted molar refractivity (Wildman–Crippen MR) is 70.0 cm³/mol. The summed E-state index contributed by atoms with van der Waals surface area (Å²) in [6.45, 7) is 2.04. The lowest BCUT2D eigenvalue weighted by molar-refractivity contribution is -0.153. The molecule has 0 aromatic carbocycles. The van der Waals surface area contributed by atoms with Crippen LogP contribution in [0.5, 0.6) is 0 Å². The minimum atomic E-state index is -0.765. The van der Waals surface area contributed by atoms with Gasteiger partial charge in [-0.3, -0.25) is 29.0 Å². The summed E-state index contributed by atoms with van der Waals surface area (Å²) >= 11 is 0. The number of amides is 4. The maximum Gasteiger partial charge on any atom is 0.255 e. The molecule has 1 atom stereocenters. The minimum absolute atomic E-state index is 0.159. The monoisotopic (exact) mass is 278 g/mol. The molecule has 0 aromatic heterocycles. The predicted octanol–water partition coefficient (Wildman–Crippen LogP) is 0.967. The van der Waals surface area contributed by atoms with Crippen LogP contribution < -0.4 is 0 Å². The van der Waals surface area contributed by atoms with Crippen LogP contribution in [0.2, 0.25) is 0 Å². The molecule has 6 nitrogen and oxygen atoms in total. The number of carbonyl (C=O) groups is 4. The smallest absolute Gasteiger partial charge is 0.255 e. The van der Waals surface area contributed by atoms with Gasteiger partial charge in [-0.05, 0) is 12.8 Å². The molecule has 20 heavy (non-hydrogen) atoms. The highest BCUT2D eigenvalue weighted by molar-refractivity contribution is 6.14. The highest BCUT2D eigenvalue weighted by atomic mass is 16.2. The van der Waals surface area contributed by atoms with Gasteiger partial charge in [-0.1, -0.05) is 19.8 Å². The van der Waals surface area contributed by atoms with E-state index in [9.17, 15) is 19.2 Å². The van der Waals surface area contributed by atoms with Crippen molar-refractivity contribution in [3.8, 4) is 0 Å². The lowest BCUT2D eigenvalue weighted by Crippen LogP contribution is -2.53. The fourth-order valence-corrected chi connectivity index (χ4v) is 2.58. The number of imide groups is 2. The Morgan fingerprint density at radius 1 is 0.950 bits per heavy atom. The van der Waals surface area contributed by atoms with Gasteiger partial charge in [0.05, 0.1) is 0 Å². The summed E-state index contributed by atoms with van der Waals surface area (Å²) < 4.78 is 0. The van der Waals surface area contributed by atoms with Crippen molar-refractivity contribution in [3.05, 3.63) is 12.2 Å². The van der Waals surface area contributed by atoms with Crippen LogP contribution in [0.15, 0.2) is 12.2 Å². The lowest BCUT2D eigenvalue weighted by Gasteiger charge is -2.32. The molecule has 0 radical (unpaired) electrons. The van der Waals surface area contributed by atoms with Crippen LogP contribution in [0.3, 0.4) is 0 Å². The molecule has 2 rings (SSSR count). The number of unbranched alkanes of at least 4 members (excludes halogenated alkanes) is 2. The van der Waals surface area contributed by atoms with Crippen LogP contribution in [0.1, 0.15) is 45.4 Å². The molecule has 1 unspecified atom stereocenters. The molecule has 2 aliphatic heterocycles. The van der Waals surface area contributed by atoms with Crippen molar-refractivity contribution in [2.45, 2.75) is 51.6 Å². The molecule has 2 aliphatic rings. The molecule has 0 aliphatic carbocycles. The molecule has 1 fully saturated rings. The zero-order valence-electron chi connectivity index (χ0n) is 11.5. The molecule has 6 heteroatoms. The SMILES string of the molecule is CCCCCC(N1C(=O)C=CC1=O)N1C(=O)CCC1=O. The summed E-state index contributed by atoms with van der Waals surface area (Å²) in [7, 11) is 0. The molecule has 0 saturated carbocycles. The summed E-state index contributed by atoms with van der Waals surface area (Å²) in [6, 6.07) is 0. The van der Waals surface area contributed by atoms with Gasteiger partial charge in [0.2, 0.25) is 11.8 Å². The van der Waals surface area contributed by atoms with E-state index in [1.807, 2.05) is 6.92 Å². The van der Waals surface area contributed by atoms with E-state index in [0.29, 0.717) is 6.42 Å². The highest BCUT2D eigenvalue weighted by Crippen LogP contribution is 2.24. The first-order valence-corrected chi connectivity index (χ1v) is 6.96. The fourth-order valence-electron chi connectivity index (χ4n) is 2.58. The quantitative estimate of drug-likeness (QED) is 0.536. The Hall–Kier alpha value is -1.98. The van der Waals surface area contributed by atoms with Crippen molar-refractivity contribution in [2.75, 3.05) is 0 Å². The number of carbonyl (C=O) groups excluding carboxylic acids is 4. The summed E-state index contributed by atoms with van der Waals surface area (Å²) in [5.74, 6) is -1.51. The Labute approximate surface area is 117 Å². The van der Waals surface area contributed by atoms with Gasteiger partial charge in [-0.2, -0.15) is 0 Å². The highest BCUT2D eigenvalue weighted by Gasteiger charge is 2.42.